The van der Waals surface area contributed by atoms with E-state index in [2.05, 4.69) is 39.7 Å². The lowest BCUT2D eigenvalue weighted by Crippen LogP contribution is -2.10. The van der Waals surface area contributed by atoms with Crippen molar-refractivity contribution in [1.82, 2.24) is 15.4 Å². The van der Waals surface area contributed by atoms with Gasteiger partial charge in [-0.15, -0.1) is 10.2 Å². The number of anilines is 1. The molecule has 0 bridgehead atoms. The summed E-state index contributed by atoms with van der Waals surface area (Å²) in [5.74, 6) is 1.18. The van der Waals surface area contributed by atoms with E-state index in [1.54, 1.807) is 6.07 Å². The summed E-state index contributed by atoms with van der Waals surface area (Å²) in [5, 5.41) is 14.9. The summed E-state index contributed by atoms with van der Waals surface area (Å²) < 4.78 is 10.9. The Kier molecular flexibility index (Phi) is 5.98. The van der Waals surface area contributed by atoms with Gasteiger partial charge in [0.05, 0.1) is 0 Å². The first kappa shape index (κ1) is 19.6. The quantitative estimate of drug-likeness (QED) is 0.450. The summed E-state index contributed by atoms with van der Waals surface area (Å²) in [6.07, 6.45) is 2.41. The van der Waals surface area contributed by atoms with Crippen LogP contribution in [0, 0.1) is 0 Å². The summed E-state index contributed by atoms with van der Waals surface area (Å²) in [5.41, 5.74) is 3.77. The maximum atomic E-state index is 12.2. The molecule has 2 aromatic carbocycles. The molecular formula is C23H22N4O3. The molecule has 1 amide bonds. The Labute approximate surface area is 174 Å². The number of hydrogen-bond donors (Lipinski definition) is 1. The Morgan fingerprint density at radius 2 is 1.80 bits per heavy atom. The molecular weight excluding hydrogens is 380 g/mol. The molecule has 30 heavy (non-hydrogen) atoms. The van der Waals surface area contributed by atoms with Crippen LogP contribution in [0.1, 0.15) is 31.2 Å². The number of aromatic nitrogens is 3. The summed E-state index contributed by atoms with van der Waals surface area (Å²) in [7, 11) is 0. The molecule has 0 radical (unpaired) electrons. The average molecular weight is 402 g/mol. The number of carbonyl (C=O) groups is 1. The zero-order valence-corrected chi connectivity index (χ0v) is 16.7. The van der Waals surface area contributed by atoms with Crippen LogP contribution in [0.4, 0.5) is 5.88 Å². The van der Waals surface area contributed by atoms with Crippen molar-refractivity contribution in [3.8, 4) is 22.7 Å². The largest absolute Gasteiger partial charge is 0.421 e. The zero-order valence-electron chi connectivity index (χ0n) is 16.7. The highest BCUT2D eigenvalue weighted by Crippen LogP contribution is 2.23. The van der Waals surface area contributed by atoms with Gasteiger partial charge in [0, 0.05) is 30.0 Å². The fraction of sp³-hybridized carbons (Fsp3) is 0.217. The van der Waals surface area contributed by atoms with E-state index in [9.17, 15) is 4.79 Å². The minimum Gasteiger partial charge on any atom is -0.421 e. The highest BCUT2D eigenvalue weighted by molar-refractivity contribution is 5.89. The van der Waals surface area contributed by atoms with Crippen molar-refractivity contribution in [1.29, 1.82) is 0 Å². The summed E-state index contributed by atoms with van der Waals surface area (Å²) in [6.45, 7) is 2.11. The zero-order chi connectivity index (χ0) is 20.8. The summed E-state index contributed by atoms with van der Waals surface area (Å²) in [4.78, 5) is 12.2. The van der Waals surface area contributed by atoms with Crippen molar-refractivity contribution >= 4 is 11.8 Å². The molecule has 7 nitrogen and oxygen atoms in total. The molecule has 7 heteroatoms. The minimum absolute atomic E-state index is 0.151. The predicted octanol–water partition coefficient (Wildman–Crippen LogP) is 4.92. The highest BCUT2D eigenvalue weighted by atomic mass is 16.5. The molecule has 152 valence electrons. The molecule has 4 rings (SSSR count). The number of nitrogens with one attached hydrogen (secondary N) is 1. The highest BCUT2D eigenvalue weighted by Gasteiger charge is 2.12. The number of rotatable bonds is 8. The van der Waals surface area contributed by atoms with Gasteiger partial charge in [0.1, 0.15) is 5.69 Å². The number of aryl methyl sites for hydroxylation is 2. The third kappa shape index (κ3) is 4.81. The van der Waals surface area contributed by atoms with Crippen LogP contribution < -0.4 is 5.32 Å². The number of amides is 1. The SMILES string of the molecule is CCc1ccc(-c2cc(NC(=O)CCCc3nnc(-c4ccccc4)o3)on2)cc1. The van der Waals surface area contributed by atoms with Crippen LogP contribution in [0.5, 0.6) is 0 Å². The van der Waals surface area contributed by atoms with Gasteiger partial charge in [-0.05, 0) is 30.5 Å². The van der Waals surface area contributed by atoms with Crippen molar-refractivity contribution < 1.29 is 13.7 Å². The Balaban J connectivity index is 1.26. The molecule has 0 atom stereocenters. The molecule has 0 fully saturated rings. The standard InChI is InChI=1S/C23H22N4O3/c1-2-16-11-13-17(14-12-16)19-15-22(30-27-19)24-20(28)9-6-10-21-25-26-23(29-21)18-7-4-3-5-8-18/h3-5,7-8,11-15H,2,6,9-10H2,1H3,(H,24,28). The number of hydrogen-bond acceptors (Lipinski definition) is 6. The van der Waals surface area contributed by atoms with Gasteiger partial charge >= 0.3 is 0 Å². The maximum absolute atomic E-state index is 12.2. The van der Waals surface area contributed by atoms with Crippen LogP contribution in [-0.2, 0) is 17.6 Å². The first-order chi connectivity index (χ1) is 14.7. The van der Waals surface area contributed by atoms with Gasteiger partial charge in [-0.1, -0.05) is 54.5 Å². The molecule has 0 spiro atoms. The van der Waals surface area contributed by atoms with Gasteiger partial charge in [-0.2, -0.15) is 0 Å². The first-order valence-electron chi connectivity index (χ1n) is 9.95. The van der Waals surface area contributed by atoms with Crippen molar-refractivity contribution in [3.05, 3.63) is 72.1 Å². The van der Waals surface area contributed by atoms with Crippen molar-refractivity contribution in [2.75, 3.05) is 5.32 Å². The minimum atomic E-state index is -0.151. The van der Waals surface area contributed by atoms with Gasteiger partial charge in [0.2, 0.25) is 23.6 Å². The molecule has 0 unspecified atom stereocenters. The molecule has 0 aliphatic heterocycles. The fourth-order valence-corrected chi connectivity index (χ4v) is 3.03. The van der Waals surface area contributed by atoms with E-state index in [1.165, 1.54) is 5.56 Å². The first-order valence-corrected chi connectivity index (χ1v) is 9.95. The molecule has 2 aromatic heterocycles. The van der Waals surface area contributed by atoms with Crippen molar-refractivity contribution in [2.45, 2.75) is 32.6 Å². The van der Waals surface area contributed by atoms with E-state index in [1.807, 2.05) is 42.5 Å². The van der Waals surface area contributed by atoms with Gasteiger partial charge < -0.3 is 8.94 Å². The van der Waals surface area contributed by atoms with Crippen LogP contribution in [-0.4, -0.2) is 21.3 Å². The normalized spacial score (nSPS) is 10.8. The molecule has 0 saturated carbocycles. The Bertz CT molecular complexity index is 1100. The Hall–Kier alpha value is -3.74. The monoisotopic (exact) mass is 402 g/mol. The van der Waals surface area contributed by atoms with Gasteiger partial charge in [0.25, 0.3) is 0 Å². The summed E-state index contributed by atoms with van der Waals surface area (Å²) in [6, 6.07) is 19.4. The average Bonchev–Trinajstić information content (AvgIpc) is 3.44. The van der Waals surface area contributed by atoms with Crippen LogP contribution in [0.25, 0.3) is 22.7 Å². The van der Waals surface area contributed by atoms with Crippen molar-refractivity contribution in [3.63, 3.8) is 0 Å². The van der Waals surface area contributed by atoms with E-state index in [-0.39, 0.29) is 5.91 Å². The third-order valence-corrected chi connectivity index (χ3v) is 4.71. The smallest absolute Gasteiger partial charge is 0.247 e. The second-order valence-corrected chi connectivity index (χ2v) is 6.90. The van der Waals surface area contributed by atoms with E-state index in [0.717, 1.165) is 17.5 Å². The van der Waals surface area contributed by atoms with Gasteiger partial charge in [-0.25, -0.2) is 0 Å². The molecule has 2 heterocycles. The fourth-order valence-electron chi connectivity index (χ4n) is 3.03. The molecule has 1 N–H and O–H groups in total. The number of benzene rings is 2. The maximum Gasteiger partial charge on any atom is 0.247 e. The molecule has 0 aliphatic carbocycles. The second-order valence-electron chi connectivity index (χ2n) is 6.90. The molecule has 4 aromatic rings. The third-order valence-electron chi connectivity index (χ3n) is 4.71. The molecule has 0 saturated heterocycles. The lowest BCUT2D eigenvalue weighted by atomic mass is 10.1. The Morgan fingerprint density at radius 1 is 1.00 bits per heavy atom. The van der Waals surface area contributed by atoms with Crippen LogP contribution in [0.2, 0.25) is 0 Å². The van der Waals surface area contributed by atoms with Crippen molar-refractivity contribution in [2.24, 2.45) is 0 Å². The van der Waals surface area contributed by atoms with E-state index < -0.39 is 0 Å². The predicted molar refractivity (Wildman–Crippen MR) is 113 cm³/mol. The summed E-state index contributed by atoms with van der Waals surface area (Å²) >= 11 is 0. The van der Waals surface area contributed by atoms with E-state index >= 15 is 0 Å². The van der Waals surface area contributed by atoms with Crippen LogP contribution in [0.15, 0.2) is 69.6 Å². The number of carbonyl (C=O) groups excluding carboxylic acids is 1. The van der Waals surface area contributed by atoms with Gasteiger partial charge in [0.15, 0.2) is 0 Å². The Morgan fingerprint density at radius 3 is 2.57 bits per heavy atom. The lowest BCUT2D eigenvalue weighted by molar-refractivity contribution is -0.116. The van der Waals surface area contributed by atoms with Crippen LogP contribution >= 0.6 is 0 Å². The lowest BCUT2D eigenvalue weighted by Gasteiger charge is -1.99. The van der Waals surface area contributed by atoms with Crippen LogP contribution in [0.3, 0.4) is 0 Å². The molecule has 0 aliphatic rings. The van der Waals surface area contributed by atoms with Gasteiger partial charge in [-0.3, -0.25) is 10.1 Å². The topological polar surface area (TPSA) is 94.1 Å². The number of nitrogens with zero attached hydrogens (tertiary/aromatic N) is 3. The van der Waals surface area contributed by atoms with E-state index in [0.29, 0.717) is 42.6 Å². The van der Waals surface area contributed by atoms with E-state index in [4.69, 9.17) is 8.94 Å². The second kappa shape index (κ2) is 9.17.